The van der Waals surface area contributed by atoms with Gasteiger partial charge in [-0.3, -0.25) is 0 Å². The number of aryl methyl sites for hydroxylation is 2. The maximum Gasteiger partial charge on any atom is 0.186 e. The van der Waals surface area contributed by atoms with E-state index in [2.05, 4.69) is 109 Å². The van der Waals surface area contributed by atoms with Gasteiger partial charge in [0.05, 0.1) is 62.4 Å². The van der Waals surface area contributed by atoms with Gasteiger partial charge in [-0.05, 0) is 109 Å². The van der Waals surface area contributed by atoms with Crippen LogP contribution in [0.25, 0.3) is 90.9 Å². The quantitative estimate of drug-likeness (QED) is 0.0383. The number of rotatable bonds is 18. The Morgan fingerprint density at radius 2 is 0.695 bits per heavy atom. The number of ether oxygens (including phenoxy) is 6. The monoisotopic (exact) mass is 1110 g/mol. The average Bonchev–Trinajstić information content (AvgIpc) is 4.45. The minimum absolute atomic E-state index is 0.125. The number of hydrogen-bond donors (Lipinski definition) is 10. The fourth-order valence-corrected chi connectivity index (χ4v) is 10.6. The van der Waals surface area contributed by atoms with Crippen molar-refractivity contribution in [2.75, 3.05) is 39.6 Å². The van der Waals surface area contributed by atoms with Crippen LogP contribution >= 0.6 is 0 Å². The van der Waals surface area contributed by atoms with Crippen LogP contribution in [0, 0.1) is 13.8 Å². The molecule has 0 spiro atoms. The summed E-state index contributed by atoms with van der Waals surface area (Å²) in [4.78, 5) is 18.5. The molecule has 7 heterocycles. The summed E-state index contributed by atoms with van der Waals surface area (Å²) in [7, 11) is 0. The molecule has 0 amide bonds. The molecule has 18 nitrogen and oxygen atoms in total. The molecule has 10 atom stereocenters. The molecule has 0 radical (unpaired) electrons. The molecule has 0 aliphatic carbocycles. The summed E-state index contributed by atoms with van der Waals surface area (Å²) in [5.41, 5.74) is 15.9. The molecule has 82 heavy (non-hydrogen) atoms. The smallest absolute Gasteiger partial charge is 0.186 e. The van der Waals surface area contributed by atoms with Crippen LogP contribution in [0.4, 0.5) is 0 Å². The first-order valence-electron chi connectivity index (χ1n) is 27.5. The third-order valence-electron chi connectivity index (χ3n) is 15.1. The zero-order valence-electron chi connectivity index (χ0n) is 45.2. The molecule has 10 N–H and O–H groups in total. The molecule has 4 aliphatic rings. The van der Waals surface area contributed by atoms with E-state index in [1.165, 1.54) is 0 Å². The second kappa shape index (κ2) is 25.0. The molecule has 11 rings (SSSR count). The summed E-state index contributed by atoms with van der Waals surface area (Å²) in [5.74, 6) is 1.24. The number of nitrogens with one attached hydrogen (secondary N) is 2. The molecular weight excluding hydrogens is 1050 g/mol. The fourth-order valence-electron chi connectivity index (χ4n) is 10.6. The molecule has 0 saturated carbocycles. The van der Waals surface area contributed by atoms with E-state index in [1.54, 1.807) is 0 Å². The van der Waals surface area contributed by atoms with Crippen molar-refractivity contribution in [3.63, 3.8) is 0 Å². The van der Waals surface area contributed by atoms with Gasteiger partial charge < -0.3 is 79.2 Å². The Bertz CT molecular complexity index is 3340. The Morgan fingerprint density at radius 1 is 0.390 bits per heavy atom. The summed E-state index contributed by atoms with van der Waals surface area (Å²) < 4.78 is 34.5. The standard InChI is InChI=1S/C64H66N4O14/c1-35-5-9-37(10-6-35)53-43-21-25-47(65-43)55(39-13-17-41(18-14-39)77-29-3-31-79-63-61(75)59(73)57(71)51(33-69)81-63)49-27-23-45(67-49)54(38-11-7-36(2)8-12-38)46-24-28-50(68-46)56(48-26-22-44(53)66-48)40-15-19-42(20-16-40)78-30-4-32-80-64-62(76)60(74)58(72)52(34-70)82-64/h5-28,51-52,57-65,68-76H,3-4,29-34H2,1-2H3/t51-,52-,57-,58-,59+,60+,61-,62-,63-,64-/m1/s1. The molecule has 3 aromatic heterocycles. The van der Waals surface area contributed by atoms with Crippen LogP contribution < -0.4 is 9.47 Å². The fraction of sp³-hybridized carbons (Fsp3) is 0.312. The number of H-pyrrole nitrogens is 2. The highest BCUT2D eigenvalue weighted by atomic mass is 16.7. The lowest BCUT2D eigenvalue weighted by molar-refractivity contribution is -0.301. The van der Waals surface area contributed by atoms with Crippen LogP contribution in [0.3, 0.4) is 0 Å². The highest BCUT2D eigenvalue weighted by Crippen LogP contribution is 2.39. The summed E-state index contributed by atoms with van der Waals surface area (Å²) in [6.45, 7) is 3.84. The van der Waals surface area contributed by atoms with Gasteiger partial charge >= 0.3 is 0 Å². The second-order valence-corrected chi connectivity index (χ2v) is 20.8. The van der Waals surface area contributed by atoms with Crippen molar-refractivity contribution < 1.29 is 69.3 Å². The summed E-state index contributed by atoms with van der Waals surface area (Å²) in [6, 6.07) is 40.7. The predicted octanol–water partition coefficient (Wildman–Crippen LogP) is 7.11. The molecule has 0 unspecified atom stereocenters. The molecule has 4 aromatic carbocycles. The van der Waals surface area contributed by atoms with Gasteiger partial charge in [-0.1, -0.05) is 83.9 Å². The average molecular weight is 1120 g/mol. The molecule has 2 fully saturated rings. The SMILES string of the molecule is Cc1ccc(-c2c3nc(c(-c4ccc(OCCCO[C@@H]5O[C@H](CO)[C@@H](O)[C@H](O)[C@H]5O)cc4)c4ccc([nH]4)c(-c4ccc(C)cc4)c4nc(c(-c5ccc(OCCCO[C@@H]6O[C@H](CO)[C@@H](O)[C@H](O)[C@H]6O)cc5)c5ccc2[nH]5)C=C4)C=C3)cc1. The van der Waals surface area contributed by atoms with Crippen molar-refractivity contribution >= 4 is 46.4 Å². The van der Waals surface area contributed by atoms with Gasteiger partial charge in [-0.25, -0.2) is 9.97 Å². The van der Waals surface area contributed by atoms with Crippen LogP contribution in [-0.4, -0.2) is 162 Å². The van der Waals surface area contributed by atoms with Gasteiger partial charge in [0.15, 0.2) is 12.6 Å². The third-order valence-corrected chi connectivity index (χ3v) is 15.1. The van der Waals surface area contributed by atoms with Crippen molar-refractivity contribution in [3.05, 3.63) is 155 Å². The van der Waals surface area contributed by atoms with Crippen LogP contribution in [0.15, 0.2) is 121 Å². The van der Waals surface area contributed by atoms with Gasteiger partial charge in [0.2, 0.25) is 0 Å². The number of benzene rings is 4. The maximum atomic E-state index is 10.4. The Kier molecular flexibility index (Phi) is 17.2. The van der Waals surface area contributed by atoms with Gasteiger partial charge in [0.1, 0.15) is 60.3 Å². The van der Waals surface area contributed by atoms with Gasteiger partial charge in [-0.15, -0.1) is 0 Å². The molecule has 18 heteroatoms. The Balaban J connectivity index is 0.942. The lowest BCUT2D eigenvalue weighted by atomic mass is 9.99. The molecule has 4 aliphatic heterocycles. The summed E-state index contributed by atoms with van der Waals surface area (Å²) >= 11 is 0. The maximum absolute atomic E-state index is 10.4. The molecule has 8 bridgehead atoms. The van der Waals surface area contributed by atoms with Gasteiger partial charge in [0, 0.05) is 57.2 Å². The first kappa shape index (κ1) is 56.5. The first-order chi connectivity index (χ1) is 39.8. The first-order valence-corrected chi connectivity index (χ1v) is 27.5. The van der Waals surface area contributed by atoms with Crippen molar-refractivity contribution in [2.24, 2.45) is 0 Å². The van der Waals surface area contributed by atoms with E-state index in [0.29, 0.717) is 24.3 Å². The highest BCUT2D eigenvalue weighted by Gasteiger charge is 2.45. The number of aromatic nitrogens is 4. The predicted molar refractivity (Wildman–Crippen MR) is 310 cm³/mol. The summed E-state index contributed by atoms with van der Waals surface area (Å²) in [6.07, 6.45) is -4.45. The zero-order chi connectivity index (χ0) is 57.0. The van der Waals surface area contributed by atoms with E-state index in [1.807, 2.05) is 60.7 Å². The zero-order valence-corrected chi connectivity index (χ0v) is 45.2. The van der Waals surface area contributed by atoms with E-state index >= 15 is 0 Å². The number of aliphatic hydroxyl groups excluding tert-OH is 8. The molecule has 2 saturated heterocycles. The summed E-state index contributed by atoms with van der Waals surface area (Å²) in [5, 5.41) is 80.4. The Morgan fingerprint density at radius 3 is 1.00 bits per heavy atom. The van der Waals surface area contributed by atoms with E-state index in [0.717, 1.165) is 100 Å². The van der Waals surface area contributed by atoms with E-state index in [9.17, 15) is 40.9 Å². The molecule has 426 valence electrons. The van der Waals surface area contributed by atoms with E-state index in [-0.39, 0.29) is 26.4 Å². The number of aliphatic hydroxyl groups is 8. The van der Waals surface area contributed by atoms with Crippen LogP contribution in [0.1, 0.15) is 46.7 Å². The van der Waals surface area contributed by atoms with Crippen molar-refractivity contribution in [2.45, 2.75) is 88.1 Å². The Labute approximate surface area is 472 Å². The van der Waals surface area contributed by atoms with Crippen molar-refractivity contribution in [1.82, 2.24) is 19.9 Å². The highest BCUT2D eigenvalue weighted by molar-refractivity contribution is 6.00. The number of nitrogens with zero attached hydrogens (tertiary/aromatic N) is 2. The number of aromatic amines is 2. The molecule has 7 aromatic rings. The van der Waals surface area contributed by atoms with Crippen LogP contribution in [0.2, 0.25) is 0 Å². The third kappa shape index (κ3) is 11.9. The lowest BCUT2D eigenvalue weighted by Gasteiger charge is -2.39. The minimum Gasteiger partial charge on any atom is -0.494 e. The van der Waals surface area contributed by atoms with Gasteiger partial charge in [0.25, 0.3) is 0 Å². The number of hydrogen-bond acceptors (Lipinski definition) is 16. The lowest BCUT2D eigenvalue weighted by Crippen LogP contribution is -2.59. The molecular formula is C64H66N4O14. The largest absolute Gasteiger partial charge is 0.494 e. The normalized spacial score (nSPS) is 23.3. The van der Waals surface area contributed by atoms with Crippen molar-refractivity contribution in [1.29, 1.82) is 0 Å². The van der Waals surface area contributed by atoms with E-state index in [4.69, 9.17) is 38.4 Å². The van der Waals surface area contributed by atoms with E-state index < -0.39 is 74.6 Å². The van der Waals surface area contributed by atoms with Crippen molar-refractivity contribution in [3.8, 4) is 56.0 Å². The topological polar surface area (TPSA) is 275 Å². The number of fused-ring (bicyclic) bond motifs is 8. The van der Waals surface area contributed by atoms with Crippen LogP contribution in [0.5, 0.6) is 11.5 Å². The second-order valence-electron chi connectivity index (χ2n) is 20.8. The van der Waals surface area contributed by atoms with Crippen LogP contribution in [-0.2, 0) is 18.9 Å². The Hall–Kier alpha value is -7.40. The minimum atomic E-state index is -1.52. The van der Waals surface area contributed by atoms with Gasteiger partial charge in [-0.2, -0.15) is 0 Å².